The first kappa shape index (κ1) is 11.8. The average Bonchev–Trinajstić information content (AvgIpc) is 1.96. The molecule has 70 valence electrons. The minimum atomic E-state index is 0.547. The van der Waals surface area contributed by atoms with Crippen LogP contribution in [0.2, 0.25) is 0 Å². The normalized spacial score (nSPS) is 12.0. The van der Waals surface area contributed by atoms with Gasteiger partial charge in [0.05, 0.1) is 5.04 Å². The number of thioether (sulfide) groups is 1. The van der Waals surface area contributed by atoms with Crippen LogP contribution in [0.5, 0.6) is 0 Å². The summed E-state index contributed by atoms with van der Waals surface area (Å²) in [6.45, 7) is 10.7. The van der Waals surface area contributed by atoms with Crippen molar-refractivity contribution in [3.63, 3.8) is 0 Å². The lowest BCUT2D eigenvalue weighted by Crippen LogP contribution is -2.02. The van der Waals surface area contributed by atoms with E-state index in [1.165, 1.54) is 10.6 Å². The number of hydrogen-bond donors (Lipinski definition) is 0. The summed E-state index contributed by atoms with van der Waals surface area (Å²) in [7, 11) is 0. The van der Waals surface area contributed by atoms with Gasteiger partial charge in [-0.1, -0.05) is 26.3 Å². The highest BCUT2D eigenvalue weighted by atomic mass is 32.2. The molecule has 0 spiro atoms. The van der Waals surface area contributed by atoms with Crippen molar-refractivity contribution in [3.05, 3.63) is 11.8 Å². The van der Waals surface area contributed by atoms with Gasteiger partial charge in [-0.15, -0.1) is 11.8 Å². The first-order valence-corrected chi connectivity index (χ1v) is 5.40. The van der Waals surface area contributed by atoms with E-state index in [-0.39, 0.29) is 0 Å². The zero-order chi connectivity index (χ0) is 9.56. The van der Waals surface area contributed by atoms with Crippen molar-refractivity contribution in [2.45, 2.75) is 34.6 Å². The van der Waals surface area contributed by atoms with Crippen molar-refractivity contribution in [2.75, 3.05) is 5.75 Å². The summed E-state index contributed by atoms with van der Waals surface area (Å²) >= 11 is 1.83. The Bertz CT molecular complexity index is 176. The van der Waals surface area contributed by atoms with E-state index in [4.69, 9.17) is 0 Å². The molecule has 0 unspecified atom stereocenters. The monoisotopic (exact) mass is 185 g/mol. The molecule has 0 amide bonds. The van der Waals surface area contributed by atoms with Crippen molar-refractivity contribution in [2.24, 2.45) is 10.9 Å². The third-order valence-electron chi connectivity index (χ3n) is 1.24. The van der Waals surface area contributed by atoms with Gasteiger partial charge in [0.25, 0.3) is 0 Å². The third kappa shape index (κ3) is 5.42. The molecule has 0 rings (SSSR count). The molecular weight excluding hydrogens is 166 g/mol. The fourth-order valence-electron chi connectivity index (χ4n) is 0.694. The second-order valence-electron chi connectivity index (χ2n) is 3.26. The Labute approximate surface area is 80.4 Å². The molecule has 0 aliphatic heterocycles. The first-order chi connectivity index (χ1) is 5.57. The van der Waals surface area contributed by atoms with E-state index in [2.05, 4.69) is 39.6 Å². The highest BCUT2D eigenvalue weighted by Crippen LogP contribution is 2.12. The maximum absolute atomic E-state index is 4.43. The minimum absolute atomic E-state index is 0.547. The van der Waals surface area contributed by atoms with Gasteiger partial charge in [-0.05, 0) is 19.6 Å². The Morgan fingerprint density at radius 2 is 2.00 bits per heavy atom. The van der Waals surface area contributed by atoms with Crippen LogP contribution in [0.25, 0.3) is 0 Å². The summed E-state index contributed by atoms with van der Waals surface area (Å²) in [6, 6.07) is 0. The fourth-order valence-corrected chi connectivity index (χ4v) is 1.45. The molecule has 0 aromatic rings. The van der Waals surface area contributed by atoms with E-state index in [0.717, 1.165) is 5.75 Å². The van der Waals surface area contributed by atoms with Gasteiger partial charge in [-0.2, -0.15) is 0 Å². The Kier molecular flexibility index (Phi) is 6.17. The smallest absolute Gasteiger partial charge is 0.0756 e. The Morgan fingerprint density at radius 3 is 2.33 bits per heavy atom. The predicted octanol–water partition coefficient (Wildman–Crippen LogP) is 3.72. The van der Waals surface area contributed by atoms with E-state index in [1.54, 1.807) is 0 Å². The second-order valence-corrected chi connectivity index (χ2v) is 4.55. The summed E-state index contributed by atoms with van der Waals surface area (Å²) < 4.78 is 0. The molecule has 0 aromatic carbocycles. The molecule has 12 heavy (non-hydrogen) atoms. The van der Waals surface area contributed by atoms with Crippen LogP contribution < -0.4 is 0 Å². The summed E-state index contributed by atoms with van der Waals surface area (Å²) in [5, 5.41) is 1.23. The summed E-state index contributed by atoms with van der Waals surface area (Å²) in [5.74, 6) is 1.65. The van der Waals surface area contributed by atoms with Gasteiger partial charge in [-0.25, -0.2) is 0 Å². The lowest BCUT2D eigenvalue weighted by molar-refractivity contribution is 0.900. The molecule has 0 saturated heterocycles. The standard InChI is InChI=1S/C10H19NS/c1-6-12-10(9(4)5)11-7-8(2)3/h7,9H,6H2,1-5H3. The molecule has 0 radical (unpaired) electrons. The molecule has 0 aromatic heterocycles. The number of rotatable bonds is 3. The van der Waals surface area contributed by atoms with E-state index in [9.17, 15) is 0 Å². The van der Waals surface area contributed by atoms with Gasteiger partial charge in [0.15, 0.2) is 0 Å². The molecule has 0 N–H and O–H groups in total. The number of hydrogen-bond acceptors (Lipinski definition) is 2. The molecule has 1 nitrogen and oxygen atoms in total. The van der Waals surface area contributed by atoms with Gasteiger partial charge in [0, 0.05) is 12.1 Å². The maximum Gasteiger partial charge on any atom is 0.0756 e. The van der Waals surface area contributed by atoms with Gasteiger partial charge in [0.2, 0.25) is 0 Å². The zero-order valence-corrected chi connectivity index (χ0v) is 9.53. The van der Waals surface area contributed by atoms with Crippen LogP contribution in [0.15, 0.2) is 16.8 Å². The van der Waals surface area contributed by atoms with Crippen LogP contribution in [-0.2, 0) is 0 Å². The summed E-state index contributed by atoms with van der Waals surface area (Å²) in [6.07, 6.45) is 1.94. The average molecular weight is 185 g/mol. The topological polar surface area (TPSA) is 12.4 Å². The molecule has 2 heteroatoms. The molecule has 0 heterocycles. The number of allylic oxidation sites excluding steroid dienone is 1. The summed E-state index contributed by atoms with van der Waals surface area (Å²) in [5.41, 5.74) is 1.25. The van der Waals surface area contributed by atoms with E-state index in [0.29, 0.717) is 5.92 Å². The quantitative estimate of drug-likeness (QED) is 0.482. The fraction of sp³-hybridized carbons (Fsp3) is 0.700. The Hall–Kier alpha value is -0.240. The van der Waals surface area contributed by atoms with Crippen LogP contribution in [0.1, 0.15) is 34.6 Å². The third-order valence-corrected chi connectivity index (χ3v) is 2.40. The van der Waals surface area contributed by atoms with Crippen LogP contribution in [0.3, 0.4) is 0 Å². The van der Waals surface area contributed by atoms with E-state index < -0.39 is 0 Å². The van der Waals surface area contributed by atoms with E-state index >= 15 is 0 Å². The highest BCUT2D eigenvalue weighted by Gasteiger charge is 2.02. The Balaban J connectivity index is 4.28. The van der Waals surface area contributed by atoms with Crippen molar-refractivity contribution in [1.29, 1.82) is 0 Å². The molecule has 0 aliphatic rings. The van der Waals surface area contributed by atoms with E-state index in [1.807, 2.05) is 18.0 Å². The van der Waals surface area contributed by atoms with Gasteiger partial charge in [-0.3, -0.25) is 4.99 Å². The zero-order valence-electron chi connectivity index (χ0n) is 8.72. The van der Waals surface area contributed by atoms with Gasteiger partial charge in [0.1, 0.15) is 0 Å². The molecule has 0 bridgehead atoms. The largest absolute Gasteiger partial charge is 0.254 e. The van der Waals surface area contributed by atoms with Crippen LogP contribution in [0.4, 0.5) is 0 Å². The van der Waals surface area contributed by atoms with Gasteiger partial charge >= 0.3 is 0 Å². The SMILES string of the molecule is CCSC(=NC=C(C)C)C(C)C. The molecular formula is C10H19NS. The molecule has 0 atom stereocenters. The highest BCUT2D eigenvalue weighted by molar-refractivity contribution is 8.13. The maximum atomic E-state index is 4.43. The van der Waals surface area contributed by atoms with Crippen LogP contribution in [-0.4, -0.2) is 10.8 Å². The minimum Gasteiger partial charge on any atom is -0.254 e. The van der Waals surface area contributed by atoms with Crippen molar-refractivity contribution in [3.8, 4) is 0 Å². The van der Waals surface area contributed by atoms with Crippen molar-refractivity contribution in [1.82, 2.24) is 0 Å². The molecule has 0 saturated carbocycles. The predicted molar refractivity (Wildman–Crippen MR) is 59.8 cm³/mol. The Morgan fingerprint density at radius 1 is 1.42 bits per heavy atom. The molecule has 0 fully saturated rings. The van der Waals surface area contributed by atoms with Crippen LogP contribution in [0, 0.1) is 5.92 Å². The lowest BCUT2D eigenvalue weighted by atomic mass is 10.2. The number of aliphatic imine (C=N–C) groups is 1. The number of nitrogens with zero attached hydrogens (tertiary/aromatic N) is 1. The summed E-state index contributed by atoms with van der Waals surface area (Å²) in [4.78, 5) is 4.43. The lowest BCUT2D eigenvalue weighted by Gasteiger charge is -2.06. The first-order valence-electron chi connectivity index (χ1n) is 4.41. The second kappa shape index (κ2) is 6.30. The van der Waals surface area contributed by atoms with Gasteiger partial charge < -0.3 is 0 Å². The van der Waals surface area contributed by atoms with Crippen molar-refractivity contribution < 1.29 is 0 Å². The van der Waals surface area contributed by atoms with Crippen LogP contribution >= 0.6 is 11.8 Å². The molecule has 0 aliphatic carbocycles. The van der Waals surface area contributed by atoms with Crippen molar-refractivity contribution >= 4 is 16.8 Å².